The number of esters is 1. The van der Waals surface area contributed by atoms with Gasteiger partial charge in [-0.05, 0) is 35.9 Å². The Morgan fingerprint density at radius 2 is 2.04 bits per heavy atom. The number of aromatic nitrogens is 3. The fraction of sp³-hybridized carbons (Fsp3) is 0.118. The molecule has 0 fully saturated rings. The van der Waals surface area contributed by atoms with Gasteiger partial charge in [0.15, 0.2) is 4.54 Å². The molecule has 0 aliphatic carbocycles. The van der Waals surface area contributed by atoms with Crippen LogP contribution in [0.5, 0.6) is 0 Å². The number of hydrogen-bond donors (Lipinski definition) is 0. The Bertz CT molecular complexity index is 1080. The number of rotatable bonds is 2. The lowest BCUT2D eigenvalue weighted by Gasteiger charge is -2.01. The molecule has 1 aliphatic heterocycles. The van der Waals surface area contributed by atoms with Gasteiger partial charge in [-0.1, -0.05) is 12.1 Å². The Labute approximate surface area is 135 Å². The monoisotopic (exact) mass is 322 g/mol. The predicted molar refractivity (Wildman–Crippen MR) is 83.8 cm³/mol. The smallest absolute Gasteiger partial charge is 0.338 e. The summed E-state index contributed by atoms with van der Waals surface area (Å²) >= 11 is 0. The van der Waals surface area contributed by atoms with E-state index in [2.05, 4.69) is 4.98 Å². The number of para-hydroxylation sites is 1. The summed E-state index contributed by atoms with van der Waals surface area (Å²) < 4.78 is 6.76. The maximum Gasteiger partial charge on any atom is 0.338 e. The van der Waals surface area contributed by atoms with E-state index in [1.54, 1.807) is 31.2 Å². The van der Waals surface area contributed by atoms with Crippen molar-refractivity contribution in [2.24, 2.45) is 0 Å². The van der Waals surface area contributed by atoms with Crippen LogP contribution in [0.2, 0.25) is 0 Å². The van der Waals surface area contributed by atoms with Gasteiger partial charge in [0.25, 0.3) is 0 Å². The van der Waals surface area contributed by atoms with Gasteiger partial charge in [0.1, 0.15) is 11.2 Å². The lowest BCUT2D eigenvalue weighted by Crippen LogP contribution is -2.32. The van der Waals surface area contributed by atoms with Crippen molar-refractivity contribution in [1.29, 1.82) is 0 Å². The first-order valence-electron chi connectivity index (χ1n) is 7.42. The van der Waals surface area contributed by atoms with E-state index < -0.39 is 5.97 Å². The average Bonchev–Trinajstić information content (AvgIpc) is 2.88. The van der Waals surface area contributed by atoms with E-state index in [-0.39, 0.29) is 29.3 Å². The van der Waals surface area contributed by atoms with Gasteiger partial charge in [-0.3, -0.25) is 4.79 Å². The first-order valence-corrected chi connectivity index (χ1v) is 7.42. The maximum absolute atomic E-state index is 12.8. The van der Waals surface area contributed by atoms with Crippen LogP contribution >= 0.6 is 0 Å². The summed E-state index contributed by atoms with van der Waals surface area (Å²) in [7, 11) is 0. The van der Waals surface area contributed by atoms with Crippen molar-refractivity contribution in [2.45, 2.75) is 6.92 Å². The van der Waals surface area contributed by atoms with Crippen molar-refractivity contribution in [1.82, 2.24) is 9.67 Å². The zero-order valence-electron chi connectivity index (χ0n) is 12.7. The molecule has 1 aliphatic rings. The molecule has 7 heteroatoms. The minimum atomic E-state index is -0.513. The molecule has 0 bridgehead atoms. The normalized spacial score (nSPS) is 12.1. The van der Waals surface area contributed by atoms with E-state index in [4.69, 9.17) is 4.74 Å². The fourth-order valence-electron chi connectivity index (χ4n) is 2.80. The minimum absolute atomic E-state index is 0.0579. The Morgan fingerprint density at radius 1 is 1.25 bits per heavy atom. The second kappa shape index (κ2) is 5.09. The lowest BCUT2D eigenvalue weighted by atomic mass is 10.1. The molecule has 0 N–H and O–H groups in total. The summed E-state index contributed by atoms with van der Waals surface area (Å²) in [6.07, 6.45) is 0. The van der Waals surface area contributed by atoms with Gasteiger partial charge in [0, 0.05) is 6.07 Å². The van der Waals surface area contributed by atoms with Crippen molar-refractivity contribution in [3.8, 4) is 5.69 Å². The predicted octanol–water partition coefficient (Wildman–Crippen LogP) is 1.66. The molecule has 4 rings (SSSR count). The third-order valence-electron chi connectivity index (χ3n) is 3.88. The number of carbonyl (C=O) groups is 2. The van der Waals surface area contributed by atoms with Crippen molar-refractivity contribution in [3.63, 3.8) is 0 Å². The lowest BCUT2D eigenvalue weighted by molar-refractivity contribution is -0.559. The first-order chi connectivity index (χ1) is 11.6. The minimum Gasteiger partial charge on any atom is -0.462 e. The first kappa shape index (κ1) is 14.3. The third kappa shape index (κ3) is 1.88. The number of hydrogen-bond acceptors (Lipinski definition) is 5. The van der Waals surface area contributed by atoms with Crippen molar-refractivity contribution >= 4 is 22.8 Å². The second-order valence-corrected chi connectivity index (χ2v) is 5.29. The molecule has 0 spiro atoms. The Balaban J connectivity index is 2.01. The molecule has 0 saturated heterocycles. The number of ether oxygens (including phenoxy) is 1. The molecule has 0 unspecified atom stereocenters. The van der Waals surface area contributed by atoms with E-state index in [1.807, 2.05) is 0 Å². The number of benzene rings is 2. The SMILES string of the molecule is CCOC(=O)c1ccc2nc3n([n+](=O)c2c1)-c1ccccc1C3=O. The molecular formula is C17H12N3O4+. The molecule has 0 saturated carbocycles. The van der Waals surface area contributed by atoms with Crippen LogP contribution in [-0.2, 0) is 4.74 Å². The number of fused-ring (bicyclic) bond motifs is 4. The van der Waals surface area contributed by atoms with Crippen molar-refractivity contribution in [2.75, 3.05) is 6.61 Å². The van der Waals surface area contributed by atoms with Crippen LogP contribution < -0.4 is 4.54 Å². The zero-order valence-corrected chi connectivity index (χ0v) is 12.7. The molecular weight excluding hydrogens is 310 g/mol. The van der Waals surface area contributed by atoms with Crippen LogP contribution in [0.3, 0.4) is 0 Å². The average molecular weight is 322 g/mol. The van der Waals surface area contributed by atoms with Crippen LogP contribution in [0.4, 0.5) is 0 Å². The van der Waals surface area contributed by atoms with Crippen molar-refractivity contribution < 1.29 is 18.9 Å². The second-order valence-electron chi connectivity index (χ2n) is 5.29. The molecule has 0 amide bonds. The third-order valence-corrected chi connectivity index (χ3v) is 3.88. The van der Waals surface area contributed by atoms with E-state index in [0.29, 0.717) is 21.3 Å². The highest BCUT2D eigenvalue weighted by atomic mass is 16.5. The molecule has 24 heavy (non-hydrogen) atoms. The largest absolute Gasteiger partial charge is 0.462 e. The molecule has 1 aromatic heterocycles. The van der Waals surface area contributed by atoms with Crippen LogP contribution in [0.1, 0.15) is 33.5 Å². The van der Waals surface area contributed by atoms with Crippen LogP contribution in [0, 0.1) is 4.91 Å². The summed E-state index contributed by atoms with van der Waals surface area (Å²) in [5, 5.41) is 0. The van der Waals surface area contributed by atoms with Crippen LogP contribution in [0.15, 0.2) is 42.5 Å². The zero-order chi connectivity index (χ0) is 16.8. The molecule has 7 nitrogen and oxygen atoms in total. The Morgan fingerprint density at radius 3 is 2.83 bits per heavy atom. The molecule has 0 atom stereocenters. The van der Waals surface area contributed by atoms with E-state index in [9.17, 15) is 14.5 Å². The van der Waals surface area contributed by atoms with E-state index in [1.165, 1.54) is 22.9 Å². The Hall–Kier alpha value is -3.35. The van der Waals surface area contributed by atoms with Crippen LogP contribution in [0.25, 0.3) is 16.7 Å². The highest BCUT2D eigenvalue weighted by Crippen LogP contribution is 2.25. The molecule has 2 heterocycles. The van der Waals surface area contributed by atoms with Crippen LogP contribution in [-0.4, -0.2) is 28.0 Å². The summed E-state index contributed by atoms with van der Waals surface area (Å²) in [6, 6.07) is 11.3. The Kier molecular flexibility index (Phi) is 3.02. The number of ketones is 1. The number of nitrogens with zero attached hydrogens (tertiary/aromatic N) is 3. The van der Waals surface area contributed by atoms with Gasteiger partial charge < -0.3 is 4.74 Å². The van der Waals surface area contributed by atoms with E-state index in [0.717, 1.165) is 0 Å². The van der Waals surface area contributed by atoms with Gasteiger partial charge >= 0.3 is 11.5 Å². The van der Waals surface area contributed by atoms with Gasteiger partial charge in [-0.25, -0.2) is 9.78 Å². The van der Waals surface area contributed by atoms with Gasteiger partial charge in [0.05, 0.1) is 22.6 Å². The van der Waals surface area contributed by atoms with Gasteiger partial charge in [0.2, 0.25) is 11.6 Å². The molecule has 2 aromatic carbocycles. The highest BCUT2D eigenvalue weighted by Gasteiger charge is 2.35. The summed E-state index contributed by atoms with van der Waals surface area (Å²) in [5.41, 5.74) is 1.69. The molecule has 118 valence electrons. The molecule has 3 aromatic rings. The fourth-order valence-corrected chi connectivity index (χ4v) is 2.80. The summed E-state index contributed by atoms with van der Waals surface area (Å²) in [4.78, 5) is 41.4. The number of carbonyl (C=O) groups excluding carboxylic acids is 2. The summed E-state index contributed by atoms with van der Waals surface area (Å²) in [6.45, 7) is 1.95. The quantitative estimate of drug-likeness (QED) is 0.414. The van der Waals surface area contributed by atoms with Crippen molar-refractivity contribution in [3.05, 3.63) is 64.3 Å². The summed E-state index contributed by atoms with van der Waals surface area (Å²) in [5.74, 6) is -0.754. The topological polar surface area (TPSA) is 84.2 Å². The van der Waals surface area contributed by atoms with Gasteiger partial charge in [-0.15, -0.1) is 0 Å². The van der Waals surface area contributed by atoms with E-state index >= 15 is 0 Å². The molecule has 0 radical (unpaired) electrons. The maximum atomic E-state index is 12.8. The highest BCUT2D eigenvalue weighted by molar-refractivity contribution is 6.12. The van der Waals surface area contributed by atoms with Gasteiger partial charge in [-0.2, -0.15) is 0 Å². The standard InChI is InChI=1S/C17H12N3O4/c1-2-24-17(22)10-7-8-12-14(9-10)20(23)19-13-6-4-3-5-11(13)15(21)16(19)18-12/h3-9H,2H2,1H3/q+1.